The quantitative estimate of drug-likeness (QED) is 0.0801. The zero-order chi connectivity index (χ0) is 24.6. The van der Waals surface area contributed by atoms with Gasteiger partial charge in [-0.1, -0.05) is 64.9 Å². The van der Waals surface area contributed by atoms with Gasteiger partial charge >= 0.3 is 5.97 Å². The number of rotatable bonds is 12. The molecule has 0 spiro atoms. The topological polar surface area (TPSA) is 168 Å². The summed E-state index contributed by atoms with van der Waals surface area (Å²) >= 11 is 0. The van der Waals surface area contributed by atoms with Crippen molar-refractivity contribution in [3.8, 4) is 0 Å². The molecule has 0 aliphatic carbocycles. The van der Waals surface area contributed by atoms with E-state index in [0.29, 0.717) is 19.4 Å². The van der Waals surface area contributed by atoms with Crippen LogP contribution in [0, 0.1) is 5.41 Å². The first-order valence-corrected chi connectivity index (χ1v) is 11.3. The molecule has 182 valence electrons. The number of hydrogen-bond acceptors (Lipinski definition) is 6. The Morgan fingerprint density at radius 3 is 2.21 bits per heavy atom. The second-order valence-corrected chi connectivity index (χ2v) is 7.87. The molecule has 0 radical (unpaired) electrons. The summed E-state index contributed by atoms with van der Waals surface area (Å²) in [7, 11) is 0. The molecule has 2 aromatic rings. The van der Waals surface area contributed by atoms with Gasteiger partial charge in [-0.2, -0.15) is 5.48 Å². The molecule has 7 N–H and O–H groups in total. The third-order valence-electron chi connectivity index (χ3n) is 5.12. The minimum absolute atomic E-state index is 0.0958. The van der Waals surface area contributed by atoms with Crippen molar-refractivity contribution in [2.24, 2.45) is 21.9 Å². The van der Waals surface area contributed by atoms with Gasteiger partial charge in [-0.3, -0.25) is 10.2 Å². The fourth-order valence-corrected chi connectivity index (χ4v) is 3.27. The van der Waals surface area contributed by atoms with Crippen LogP contribution in [0.3, 0.4) is 0 Å². The van der Waals surface area contributed by atoms with E-state index in [0.717, 1.165) is 31.2 Å². The lowest BCUT2D eigenvalue weighted by atomic mass is 10.0. The highest BCUT2D eigenvalue weighted by molar-refractivity contribution is 5.81. The van der Waals surface area contributed by atoms with Crippen LogP contribution in [-0.2, 0) is 33.7 Å². The molecule has 0 fully saturated rings. The van der Waals surface area contributed by atoms with E-state index >= 15 is 0 Å². The lowest BCUT2D eigenvalue weighted by Gasteiger charge is -2.11. The maximum atomic E-state index is 12.1. The standard InChI is InChI=1S/C24H33N7O3/c25-21(11-6-16-28-24(26)29-31-27)23(33)34-30-22(32)17-20-14-12-19(13-15-20)10-5-4-9-18-7-2-1-3-8-18/h1-3,7-8,12-15,21H,4-6,9-11,16-17,25H2,(H,30,32)(H4,26,27,28,29)/t21-/m0/s1. The van der Waals surface area contributed by atoms with Crippen molar-refractivity contribution in [2.75, 3.05) is 6.54 Å². The van der Waals surface area contributed by atoms with Gasteiger partial charge in [0.05, 0.1) is 6.42 Å². The van der Waals surface area contributed by atoms with E-state index in [1.807, 2.05) is 30.3 Å². The minimum Gasteiger partial charge on any atom is -0.353 e. The second-order valence-electron chi connectivity index (χ2n) is 7.87. The third kappa shape index (κ3) is 10.7. The average molecular weight is 468 g/mol. The molecule has 10 heteroatoms. The summed E-state index contributed by atoms with van der Waals surface area (Å²) in [5.74, 6) is 3.50. The highest BCUT2D eigenvalue weighted by Gasteiger charge is 2.16. The van der Waals surface area contributed by atoms with Gasteiger partial charge in [-0.05, 0) is 55.2 Å². The molecule has 2 rings (SSSR count). The Kier molecular flexibility index (Phi) is 11.8. The first-order valence-electron chi connectivity index (χ1n) is 11.3. The zero-order valence-corrected chi connectivity index (χ0v) is 19.2. The largest absolute Gasteiger partial charge is 0.353 e. The van der Waals surface area contributed by atoms with Crippen LogP contribution >= 0.6 is 0 Å². The van der Waals surface area contributed by atoms with Crippen LogP contribution in [-0.4, -0.2) is 30.4 Å². The number of benzene rings is 2. The summed E-state index contributed by atoms with van der Waals surface area (Å²) in [5, 5.41) is 16.2. The maximum absolute atomic E-state index is 12.1. The van der Waals surface area contributed by atoms with Crippen LogP contribution in [0.25, 0.3) is 0 Å². The highest BCUT2D eigenvalue weighted by Crippen LogP contribution is 2.11. The molecule has 1 atom stereocenters. The van der Waals surface area contributed by atoms with Gasteiger partial charge in [0.1, 0.15) is 6.04 Å². The summed E-state index contributed by atoms with van der Waals surface area (Å²) in [6, 6.07) is 17.4. The molecule has 2 aromatic carbocycles. The molecular formula is C24H33N7O3. The molecule has 0 bridgehead atoms. The Hall–Kier alpha value is -3.79. The first kappa shape index (κ1) is 26.5. The SMILES string of the molecule is N=C(N=NN)NCCC[C@H](N)C(=O)ONC(=O)Cc1ccc(CCCCc2ccccc2)cc1. The number of nitrogens with one attached hydrogen (secondary N) is 3. The van der Waals surface area contributed by atoms with Gasteiger partial charge in [-0.15, -0.1) is 0 Å². The lowest BCUT2D eigenvalue weighted by Crippen LogP contribution is -2.38. The number of nitrogens with zero attached hydrogens (tertiary/aromatic N) is 2. The number of unbranched alkanes of at least 4 members (excludes halogenated alkanes) is 1. The molecule has 0 saturated heterocycles. The van der Waals surface area contributed by atoms with E-state index in [1.54, 1.807) is 0 Å². The van der Waals surface area contributed by atoms with Gasteiger partial charge in [0.15, 0.2) is 0 Å². The highest BCUT2D eigenvalue weighted by atomic mass is 16.7. The second kappa shape index (κ2) is 15.1. The molecule has 0 heterocycles. The molecule has 0 saturated carbocycles. The summed E-state index contributed by atoms with van der Waals surface area (Å²) < 4.78 is 0. The number of amides is 1. The Labute approximate surface area is 199 Å². The van der Waals surface area contributed by atoms with Crippen molar-refractivity contribution < 1.29 is 14.4 Å². The number of guanidine groups is 1. The Morgan fingerprint density at radius 2 is 1.56 bits per heavy atom. The van der Waals surface area contributed by atoms with Crippen molar-refractivity contribution in [1.82, 2.24) is 10.8 Å². The van der Waals surface area contributed by atoms with Crippen LogP contribution in [0.5, 0.6) is 0 Å². The number of carbonyl (C=O) groups is 2. The Bertz CT molecular complexity index is 933. The Morgan fingerprint density at radius 1 is 0.941 bits per heavy atom. The van der Waals surface area contributed by atoms with Crippen LogP contribution < -0.4 is 22.4 Å². The predicted molar refractivity (Wildman–Crippen MR) is 129 cm³/mol. The molecular weight excluding hydrogens is 434 g/mol. The van der Waals surface area contributed by atoms with Crippen molar-refractivity contribution in [2.45, 2.75) is 51.0 Å². The summed E-state index contributed by atoms with van der Waals surface area (Å²) in [4.78, 5) is 28.8. The van der Waals surface area contributed by atoms with E-state index < -0.39 is 17.9 Å². The molecule has 0 unspecified atom stereocenters. The fraction of sp³-hybridized carbons (Fsp3) is 0.375. The third-order valence-corrected chi connectivity index (χ3v) is 5.12. The average Bonchev–Trinajstić information content (AvgIpc) is 2.84. The van der Waals surface area contributed by atoms with Gasteiger partial charge in [0.2, 0.25) is 5.96 Å². The van der Waals surface area contributed by atoms with E-state index in [2.05, 4.69) is 45.4 Å². The molecule has 10 nitrogen and oxygen atoms in total. The summed E-state index contributed by atoms with van der Waals surface area (Å²) in [6.07, 6.45) is 5.18. The molecule has 0 aromatic heterocycles. The van der Waals surface area contributed by atoms with Crippen molar-refractivity contribution >= 4 is 17.8 Å². The van der Waals surface area contributed by atoms with Crippen LogP contribution in [0.1, 0.15) is 42.4 Å². The Balaban J connectivity index is 1.60. The lowest BCUT2D eigenvalue weighted by molar-refractivity contribution is -0.159. The first-order chi connectivity index (χ1) is 16.5. The summed E-state index contributed by atoms with van der Waals surface area (Å²) in [6.45, 7) is 0.369. The van der Waals surface area contributed by atoms with E-state index in [4.69, 9.17) is 21.8 Å². The molecule has 0 aliphatic heterocycles. The van der Waals surface area contributed by atoms with Crippen molar-refractivity contribution in [3.63, 3.8) is 0 Å². The number of nitrogens with two attached hydrogens (primary N) is 2. The maximum Gasteiger partial charge on any atom is 0.348 e. The fourth-order valence-electron chi connectivity index (χ4n) is 3.27. The number of hydrogen-bond donors (Lipinski definition) is 5. The monoisotopic (exact) mass is 467 g/mol. The van der Waals surface area contributed by atoms with Crippen LogP contribution in [0.2, 0.25) is 0 Å². The smallest absolute Gasteiger partial charge is 0.348 e. The molecule has 0 aliphatic rings. The normalized spacial score (nSPS) is 11.7. The van der Waals surface area contributed by atoms with Crippen LogP contribution in [0.4, 0.5) is 0 Å². The predicted octanol–water partition coefficient (Wildman–Crippen LogP) is 2.33. The van der Waals surface area contributed by atoms with Gasteiger partial charge < -0.3 is 21.7 Å². The number of carbonyl (C=O) groups excluding carboxylic acids is 2. The number of hydroxylamine groups is 1. The van der Waals surface area contributed by atoms with Crippen molar-refractivity contribution in [1.29, 1.82) is 5.41 Å². The molecule has 34 heavy (non-hydrogen) atoms. The zero-order valence-electron chi connectivity index (χ0n) is 19.2. The van der Waals surface area contributed by atoms with Gasteiger partial charge in [-0.25, -0.2) is 4.79 Å². The van der Waals surface area contributed by atoms with Crippen LogP contribution in [0.15, 0.2) is 64.9 Å². The molecule has 1 amide bonds. The van der Waals surface area contributed by atoms with Gasteiger partial charge in [0.25, 0.3) is 5.91 Å². The van der Waals surface area contributed by atoms with E-state index in [1.165, 1.54) is 11.1 Å². The van der Waals surface area contributed by atoms with Crippen molar-refractivity contribution in [3.05, 3.63) is 71.3 Å². The van der Waals surface area contributed by atoms with E-state index in [-0.39, 0.29) is 12.4 Å². The minimum atomic E-state index is -0.895. The number of aryl methyl sites for hydroxylation is 2. The summed E-state index contributed by atoms with van der Waals surface area (Å²) in [5.41, 5.74) is 11.3. The van der Waals surface area contributed by atoms with Gasteiger partial charge in [0, 0.05) is 6.54 Å². The van der Waals surface area contributed by atoms with E-state index in [9.17, 15) is 9.59 Å².